The molecule has 0 aliphatic carbocycles. The van der Waals surface area contributed by atoms with Crippen LogP contribution < -0.4 is 15.2 Å². The van der Waals surface area contributed by atoms with Crippen molar-refractivity contribution in [2.45, 2.75) is 13.0 Å². The van der Waals surface area contributed by atoms with Gasteiger partial charge in [0, 0.05) is 5.39 Å². The summed E-state index contributed by atoms with van der Waals surface area (Å²) >= 11 is 3.16. The second-order valence-electron chi connectivity index (χ2n) is 6.37. The Kier molecular flexibility index (Phi) is 3.51. The van der Waals surface area contributed by atoms with E-state index in [0.29, 0.717) is 38.1 Å². The highest BCUT2D eigenvalue weighted by Gasteiger charge is 2.23. The first-order chi connectivity index (χ1) is 13.0. The smallest absolute Gasteiger partial charge is 0.327 e. The fourth-order valence-electron chi connectivity index (χ4n) is 3.53. The zero-order chi connectivity index (χ0) is 18.7. The lowest BCUT2D eigenvalue weighted by atomic mass is 10.1. The van der Waals surface area contributed by atoms with Gasteiger partial charge >= 0.3 is 5.69 Å². The van der Waals surface area contributed by atoms with Crippen molar-refractivity contribution in [3.63, 3.8) is 0 Å². The molecule has 4 aromatic rings. The van der Waals surface area contributed by atoms with Gasteiger partial charge in [-0.3, -0.25) is 4.57 Å². The van der Waals surface area contributed by atoms with Crippen LogP contribution in [0.5, 0.6) is 11.5 Å². The predicted octanol–water partition coefficient (Wildman–Crippen LogP) is 4.12. The molecule has 1 N–H and O–H groups in total. The molecule has 6 nitrogen and oxygen atoms in total. The summed E-state index contributed by atoms with van der Waals surface area (Å²) in [6, 6.07) is 8.14. The molecule has 27 heavy (non-hydrogen) atoms. The highest BCUT2D eigenvalue weighted by molar-refractivity contribution is 9.10. The number of pyridine rings is 1. The molecule has 0 bridgehead atoms. The van der Waals surface area contributed by atoms with Crippen molar-refractivity contribution < 1.29 is 13.9 Å². The first-order valence-electron chi connectivity index (χ1n) is 8.31. The summed E-state index contributed by atoms with van der Waals surface area (Å²) in [5.41, 5.74) is 2.33. The number of rotatable bonds is 2. The summed E-state index contributed by atoms with van der Waals surface area (Å²) in [6.45, 7) is 2.00. The van der Waals surface area contributed by atoms with Crippen LogP contribution >= 0.6 is 15.9 Å². The summed E-state index contributed by atoms with van der Waals surface area (Å²) in [4.78, 5) is 20.0. The molecule has 0 spiro atoms. The molecule has 0 radical (unpaired) electrons. The molecule has 2 aromatic heterocycles. The van der Waals surface area contributed by atoms with Gasteiger partial charge in [-0.05, 0) is 52.7 Å². The zero-order valence-corrected chi connectivity index (χ0v) is 15.7. The van der Waals surface area contributed by atoms with E-state index in [-0.39, 0.29) is 24.3 Å². The highest BCUT2D eigenvalue weighted by Crippen LogP contribution is 2.40. The van der Waals surface area contributed by atoms with Crippen molar-refractivity contribution in [2.75, 3.05) is 6.79 Å². The topological polar surface area (TPSA) is 69.1 Å². The Morgan fingerprint density at radius 3 is 2.96 bits per heavy atom. The minimum Gasteiger partial charge on any atom is -0.454 e. The highest BCUT2D eigenvalue weighted by atomic mass is 79.9. The van der Waals surface area contributed by atoms with Gasteiger partial charge in [-0.1, -0.05) is 6.07 Å². The average molecular weight is 430 g/mol. The van der Waals surface area contributed by atoms with Crippen LogP contribution in [0, 0.1) is 5.82 Å². The summed E-state index contributed by atoms with van der Waals surface area (Å²) in [5, 5.41) is 0.763. The van der Waals surface area contributed by atoms with E-state index >= 15 is 0 Å². The molecule has 3 heterocycles. The van der Waals surface area contributed by atoms with Crippen LogP contribution in [-0.4, -0.2) is 21.3 Å². The molecular formula is C19H13BrFN3O3. The Balaban J connectivity index is 1.80. The molecule has 5 rings (SSSR count). The maximum atomic E-state index is 14.0. The fourth-order valence-corrected chi connectivity index (χ4v) is 3.78. The molecule has 0 amide bonds. The van der Waals surface area contributed by atoms with Crippen LogP contribution in [0.15, 0.2) is 45.8 Å². The van der Waals surface area contributed by atoms with Gasteiger partial charge in [-0.25, -0.2) is 14.2 Å². The van der Waals surface area contributed by atoms with Gasteiger partial charge in [0.25, 0.3) is 0 Å². The molecule has 8 heteroatoms. The average Bonchev–Trinajstić information content (AvgIpc) is 3.26. The molecule has 1 atom stereocenters. The Hall–Kier alpha value is -2.87. The molecule has 0 fully saturated rings. The number of aromatic amines is 1. The predicted molar refractivity (Wildman–Crippen MR) is 102 cm³/mol. The van der Waals surface area contributed by atoms with Gasteiger partial charge < -0.3 is 14.5 Å². The lowest BCUT2D eigenvalue weighted by Crippen LogP contribution is -2.21. The standard InChI is InChI=1S/C19H13BrFN3O3/c1-9(10-2-4-12(20)13(21)6-10)24-17-11-3-5-15-18(27-8-26-15)16(11)22-7-14(17)23-19(24)25/h2-7,9H,8H2,1H3,(H,23,25). The van der Waals surface area contributed by atoms with E-state index in [9.17, 15) is 9.18 Å². The Morgan fingerprint density at radius 1 is 1.30 bits per heavy atom. The van der Waals surface area contributed by atoms with Gasteiger partial charge in [-0.2, -0.15) is 0 Å². The first kappa shape index (κ1) is 16.3. The van der Waals surface area contributed by atoms with Crippen LogP contribution in [0.25, 0.3) is 21.9 Å². The largest absolute Gasteiger partial charge is 0.454 e. The maximum absolute atomic E-state index is 14.0. The van der Waals surface area contributed by atoms with Crippen LogP contribution in [0.4, 0.5) is 4.39 Å². The number of imidazole rings is 1. The number of benzene rings is 2. The number of nitrogens with one attached hydrogen (secondary N) is 1. The van der Waals surface area contributed by atoms with Gasteiger partial charge in [0.2, 0.25) is 6.79 Å². The molecular weight excluding hydrogens is 417 g/mol. The van der Waals surface area contributed by atoms with E-state index in [1.165, 1.54) is 6.07 Å². The van der Waals surface area contributed by atoms with E-state index in [1.54, 1.807) is 29.0 Å². The van der Waals surface area contributed by atoms with Crippen LogP contribution in [0.3, 0.4) is 0 Å². The van der Waals surface area contributed by atoms with E-state index < -0.39 is 0 Å². The van der Waals surface area contributed by atoms with Crippen molar-refractivity contribution in [1.82, 2.24) is 14.5 Å². The number of fused-ring (bicyclic) bond motifs is 5. The van der Waals surface area contributed by atoms with Crippen molar-refractivity contribution in [2.24, 2.45) is 0 Å². The monoisotopic (exact) mass is 429 g/mol. The lowest BCUT2D eigenvalue weighted by molar-refractivity contribution is 0.174. The number of hydrogen-bond donors (Lipinski definition) is 1. The Bertz CT molecular complexity index is 1280. The molecule has 136 valence electrons. The minimum atomic E-state index is -0.384. The van der Waals surface area contributed by atoms with Crippen LogP contribution in [0.1, 0.15) is 18.5 Å². The SMILES string of the molecule is CC(c1ccc(Br)c(F)c1)n1c(=O)[nH]c2cnc3c4c(ccc3c21)OCO4. The van der Waals surface area contributed by atoms with Crippen LogP contribution in [0.2, 0.25) is 0 Å². The van der Waals surface area contributed by atoms with Crippen molar-refractivity contribution in [3.05, 3.63) is 62.9 Å². The van der Waals surface area contributed by atoms with Gasteiger partial charge in [0.05, 0.1) is 27.7 Å². The normalized spacial score (nSPS) is 14.2. The zero-order valence-electron chi connectivity index (χ0n) is 14.1. The first-order valence-corrected chi connectivity index (χ1v) is 9.10. The molecule has 1 aliphatic heterocycles. The second kappa shape index (κ2) is 5.82. The quantitative estimate of drug-likeness (QED) is 0.520. The second-order valence-corrected chi connectivity index (χ2v) is 7.22. The third kappa shape index (κ3) is 2.36. The van der Waals surface area contributed by atoms with Gasteiger partial charge in [-0.15, -0.1) is 0 Å². The number of hydrogen-bond acceptors (Lipinski definition) is 4. The number of ether oxygens (including phenoxy) is 2. The maximum Gasteiger partial charge on any atom is 0.327 e. The molecule has 1 aliphatic rings. The summed E-state index contributed by atoms with van der Waals surface area (Å²) in [5.74, 6) is 0.820. The fraction of sp³-hybridized carbons (Fsp3) is 0.158. The van der Waals surface area contributed by atoms with E-state index in [2.05, 4.69) is 25.9 Å². The van der Waals surface area contributed by atoms with Crippen molar-refractivity contribution in [1.29, 1.82) is 0 Å². The summed E-state index contributed by atoms with van der Waals surface area (Å²) in [7, 11) is 0. The van der Waals surface area contributed by atoms with E-state index in [4.69, 9.17) is 9.47 Å². The van der Waals surface area contributed by atoms with Gasteiger partial charge in [0.1, 0.15) is 11.3 Å². The molecule has 2 aromatic carbocycles. The van der Waals surface area contributed by atoms with Gasteiger partial charge in [0.15, 0.2) is 11.5 Å². The number of aromatic nitrogens is 3. The molecule has 0 saturated heterocycles. The summed E-state index contributed by atoms with van der Waals surface area (Å²) in [6.07, 6.45) is 1.60. The Labute approximate surface area is 160 Å². The summed E-state index contributed by atoms with van der Waals surface area (Å²) < 4.78 is 27.0. The number of H-pyrrole nitrogens is 1. The molecule has 1 unspecified atom stereocenters. The van der Waals surface area contributed by atoms with Crippen LogP contribution in [-0.2, 0) is 0 Å². The van der Waals surface area contributed by atoms with Crippen molar-refractivity contribution >= 4 is 37.9 Å². The number of halogens is 2. The van der Waals surface area contributed by atoms with E-state index in [0.717, 1.165) is 5.39 Å². The molecule has 0 saturated carbocycles. The number of nitrogens with zero attached hydrogens (tertiary/aromatic N) is 2. The minimum absolute atomic E-state index is 0.142. The lowest BCUT2D eigenvalue weighted by Gasteiger charge is -2.15. The third-order valence-corrected chi connectivity index (χ3v) is 5.50. The van der Waals surface area contributed by atoms with Crippen molar-refractivity contribution in [3.8, 4) is 11.5 Å². The third-order valence-electron chi connectivity index (χ3n) is 4.86. The Morgan fingerprint density at radius 2 is 2.15 bits per heavy atom. The van der Waals surface area contributed by atoms with E-state index in [1.807, 2.05) is 13.0 Å².